The lowest BCUT2D eigenvalue weighted by Crippen LogP contribution is -2.48. The second-order valence-corrected chi connectivity index (χ2v) is 8.91. The number of piperazine rings is 1. The van der Waals surface area contributed by atoms with E-state index in [1.807, 2.05) is 47.0 Å². The van der Waals surface area contributed by atoms with Crippen molar-refractivity contribution in [2.45, 2.75) is 26.9 Å². The van der Waals surface area contributed by atoms with Crippen molar-refractivity contribution in [3.63, 3.8) is 0 Å². The fourth-order valence-corrected chi connectivity index (χ4v) is 4.71. The number of aromatic nitrogens is 2. The van der Waals surface area contributed by atoms with E-state index in [1.165, 1.54) is 17.4 Å². The lowest BCUT2D eigenvalue weighted by Gasteiger charge is -2.34. The lowest BCUT2D eigenvalue weighted by molar-refractivity contribution is 0.0631. The number of amides is 1. The molecule has 0 unspecified atom stereocenters. The molecule has 1 saturated heterocycles. The zero-order chi connectivity index (χ0) is 21.3. The van der Waals surface area contributed by atoms with Crippen molar-refractivity contribution in [2.24, 2.45) is 0 Å². The molecule has 8 heteroatoms. The third-order valence-corrected chi connectivity index (χ3v) is 7.02. The van der Waals surface area contributed by atoms with Crippen LogP contribution in [0.25, 0.3) is 0 Å². The van der Waals surface area contributed by atoms with E-state index in [4.69, 9.17) is 11.6 Å². The average molecular weight is 447 g/mol. The molecule has 5 nitrogen and oxygen atoms in total. The van der Waals surface area contributed by atoms with Crippen LogP contribution in [0.3, 0.4) is 0 Å². The topological polar surface area (TPSA) is 41.4 Å². The van der Waals surface area contributed by atoms with E-state index in [9.17, 15) is 9.18 Å². The van der Waals surface area contributed by atoms with Crippen molar-refractivity contribution in [1.82, 2.24) is 19.6 Å². The van der Waals surface area contributed by atoms with Gasteiger partial charge >= 0.3 is 0 Å². The Kier molecular flexibility index (Phi) is 6.22. The SMILES string of the molecule is Cc1nn(Cc2csc(C(=O)N3CCN(Cc4ccccc4F)CC3)c2)c(C)c1Cl. The van der Waals surface area contributed by atoms with Crippen LogP contribution in [0.4, 0.5) is 4.39 Å². The van der Waals surface area contributed by atoms with Gasteiger partial charge in [0.25, 0.3) is 5.91 Å². The van der Waals surface area contributed by atoms with E-state index in [0.717, 1.165) is 34.9 Å². The summed E-state index contributed by atoms with van der Waals surface area (Å²) in [5.74, 6) is -0.116. The molecule has 2 aromatic heterocycles. The molecular weight excluding hydrogens is 423 g/mol. The van der Waals surface area contributed by atoms with Crippen LogP contribution >= 0.6 is 22.9 Å². The molecule has 0 aliphatic carbocycles. The van der Waals surface area contributed by atoms with Crippen LogP contribution in [0.15, 0.2) is 35.7 Å². The van der Waals surface area contributed by atoms with Gasteiger partial charge < -0.3 is 4.90 Å². The van der Waals surface area contributed by atoms with E-state index in [-0.39, 0.29) is 11.7 Å². The number of benzene rings is 1. The summed E-state index contributed by atoms with van der Waals surface area (Å²) in [5, 5.41) is 7.16. The standard InChI is InChI=1S/C22H24ClFN4OS/c1-15-21(23)16(2)28(25-15)12-17-11-20(30-14-17)22(29)27-9-7-26(8-10-27)13-18-5-3-4-6-19(18)24/h3-6,11,14H,7-10,12-13H2,1-2H3. The van der Waals surface area contributed by atoms with Crippen molar-refractivity contribution in [3.05, 3.63) is 73.9 Å². The lowest BCUT2D eigenvalue weighted by atomic mass is 10.2. The number of thiophene rings is 1. The molecule has 1 aliphatic heterocycles. The molecule has 1 fully saturated rings. The number of carbonyl (C=O) groups is 1. The van der Waals surface area contributed by atoms with Crippen molar-refractivity contribution < 1.29 is 9.18 Å². The van der Waals surface area contributed by atoms with Crippen LogP contribution in [0.5, 0.6) is 0 Å². The van der Waals surface area contributed by atoms with Gasteiger partial charge in [-0.15, -0.1) is 11.3 Å². The van der Waals surface area contributed by atoms with Crippen LogP contribution in [0, 0.1) is 19.7 Å². The van der Waals surface area contributed by atoms with Crippen LogP contribution in [-0.2, 0) is 13.1 Å². The number of aryl methyl sites for hydroxylation is 1. The van der Waals surface area contributed by atoms with Gasteiger partial charge in [0.05, 0.1) is 27.8 Å². The quantitative estimate of drug-likeness (QED) is 0.584. The third-order valence-electron chi connectivity index (χ3n) is 5.50. The number of nitrogens with zero attached hydrogens (tertiary/aromatic N) is 4. The Labute approximate surface area is 184 Å². The van der Waals surface area contributed by atoms with E-state index >= 15 is 0 Å². The highest BCUT2D eigenvalue weighted by molar-refractivity contribution is 7.12. The van der Waals surface area contributed by atoms with Gasteiger partial charge in [-0.2, -0.15) is 5.10 Å². The highest BCUT2D eigenvalue weighted by Crippen LogP contribution is 2.23. The van der Waals surface area contributed by atoms with Gasteiger partial charge in [-0.3, -0.25) is 14.4 Å². The molecule has 1 aromatic carbocycles. The number of halogens is 2. The Morgan fingerprint density at radius 3 is 2.57 bits per heavy atom. The van der Waals surface area contributed by atoms with Gasteiger partial charge in [-0.1, -0.05) is 29.8 Å². The average Bonchev–Trinajstić information content (AvgIpc) is 3.31. The van der Waals surface area contributed by atoms with Gasteiger partial charge in [0, 0.05) is 38.3 Å². The van der Waals surface area contributed by atoms with Crippen LogP contribution in [0.1, 0.15) is 32.2 Å². The molecule has 3 aromatic rings. The predicted molar refractivity (Wildman–Crippen MR) is 118 cm³/mol. The third kappa shape index (κ3) is 4.43. The molecule has 1 amide bonds. The highest BCUT2D eigenvalue weighted by atomic mass is 35.5. The first kappa shape index (κ1) is 21.0. The molecule has 1 aliphatic rings. The van der Waals surface area contributed by atoms with E-state index in [1.54, 1.807) is 6.07 Å². The first-order valence-electron chi connectivity index (χ1n) is 9.94. The molecule has 0 bridgehead atoms. The van der Waals surface area contributed by atoms with E-state index in [0.29, 0.717) is 36.8 Å². The first-order chi connectivity index (χ1) is 14.4. The molecule has 0 radical (unpaired) electrons. The highest BCUT2D eigenvalue weighted by Gasteiger charge is 2.24. The molecule has 4 rings (SSSR count). The second-order valence-electron chi connectivity index (χ2n) is 7.62. The summed E-state index contributed by atoms with van der Waals surface area (Å²) in [4.78, 5) is 17.7. The Balaban J connectivity index is 1.34. The smallest absolute Gasteiger partial charge is 0.264 e. The minimum atomic E-state index is -0.175. The van der Waals surface area contributed by atoms with Gasteiger partial charge in [0.15, 0.2) is 0 Å². The van der Waals surface area contributed by atoms with E-state index in [2.05, 4.69) is 10.00 Å². The zero-order valence-electron chi connectivity index (χ0n) is 17.1. The molecule has 0 saturated carbocycles. The van der Waals surface area contributed by atoms with Crippen molar-refractivity contribution in [2.75, 3.05) is 26.2 Å². The summed E-state index contributed by atoms with van der Waals surface area (Å²) < 4.78 is 15.7. The van der Waals surface area contributed by atoms with Gasteiger partial charge in [-0.25, -0.2) is 4.39 Å². The maximum atomic E-state index is 13.9. The molecule has 0 atom stereocenters. The largest absolute Gasteiger partial charge is 0.335 e. The summed E-state index contributed by atoms with van der Waals surface area (Å²) in [6.07, 6.45) is 0. The Morgan fingerprint density at radius 2 is 1.90 bits per heavy atom. The van der Waals surface area contributed by atoms with Crippen molar-refractivity contribution in [3.8, 4) is 0 Å². The predicted octanol–water partition coefficient (Wildman–Crippen LogP) is 4.36. The number of hydrogen-bond acceptors (Lipinski definition) is 4. The normalized spacial score (nSPS) is 15.0. The molecule has 0 N–H and O–H groups in total. The van der Waals surface area contributed by atoms with Gasteiger partial charge in [0.2, 0.25) is 0 Å². The Morgan fingerprint density at radius 1 is 1.17 bits per heavy atom. The Bertz CT molecular complexity index is 1060. The molecule has 3 heterocycles. The second kappa shape index (κ2) is 8.88. The van der Waals surface area contributed by atoms with Crippen LogP contribution in [-0.4, -0.2) is 51.7 Å². The minimum Gasteiger partial charge on any atom is -0.335 e. The molecular formula is C22H24ClFN4OS. The van der Waals surface area contributed by atoms with Crippen LogP contribution in [0.2, 0.25) is 5.02 Å². The number of hydrogen-bond donors (Lipinski definition) is 0. The maximum absolute atomic E-state index is 13.9. The number of rotatable bonds is 5. The monoisotopic (exact) mass is 446 g/mol. The van der Waals surface area contributed by atoms with E-state index < -0.39 is 0 Å². The molecule has 30 heavy (non-hydrogen) atoms. The number of carbonyl (C=O) groups excluding carboxylic acids is 1. The minimum absolute atomic E-state index is 0.0585. The summed E-state index contributed by atoms with van der Waals surface area (Å²) in [6.45, 7) is 7.77. The molecule has 0 spiro atoms. The van der Waals surface area contributed by atoms with Crippen LogP contribution < -0.4 is 0 Å². The fourth-order valence-electron chi connectivity index (χ4n) is 3.71. The summed E-state index contributed by atoms with van der Waals surface area (Å²) in [7, 11) is 0. The van der Waals surface area contributed by atoms with Gasteiger partial charge in [0.1, 0.15) is 5.82 Å². The summed E-state index contributed by atoms with van der Waals surface area (Å²) in [5.41, 5.74) is 3.49. The van der Waals surface area contributed by atoms with Crippen molar-refractivity contribution in [1.29, 1.82) is 0 Å². The summed E-state index contributed by atoms with van der Waals surface area (Å²) >= 11 is 7.69. The zero-order valence-corrected chi connectivity index (χ0v) is 18.6. The summed E-state index contributed by atoms with van der Waals surface area (Å²) in [6, 6.07) is 8.81. The van der Waals surface area contributed by atoms with Crippen molar-refractivity contribution >= 4 is 28.8 Å². The molecule has 158 valence electrons. The fraction of sp³-hybridized carbons (Fsp3) is 0.364. The first-order valence-corrected chi connectivity index (χ1v) is 11.2. The van der Waals surface area contributed by atoms with Gasteiger partial charge in [-0.05, 0) is 36.9 Å². The maximum Gasteiger partial charge on any atom is 0.264 e. The Hall–Kier alpha value is -2.22.